The summed E-state index contributed by atoms with van der Waals surface area (Å²) in [5.74, 6) is 0.0598. The quantitative estimate of drug-likeness (QED) is 0.287. The number of methoxy groups -OCH3 is 1. The average molecular weight is 632 g/mol. The van der Waals surface area contributed by atoms with E-state index in [0.29, 0.717) is 29.4 Å². The van der Waals surface area contributed by atoms with Crippen LogP contribution in [0.1, 0.15) is 11.1 Å². The standard InChI is InChI=1S/C26H20Br2N2O5S/c1-34-22-12-17(4-11-21(22)35-15-16-2-5-18(27)6-3-16)13-23-25(32)30(26(33)36-23)14-24(31)29-20-9-7-19(28)8-10-20/h2-13H,14-15H2,1H3,(H,29,31)/b23-13-. The van der Waals surface area contributed by atoms with Gasteiger partial charge in [-0.25, -0.2) is 0 Å². The van der Waals surface area contributed by atoms with Crippen LogP contribution in [0.5, 0.6) is 11.5 Å². The molecule has 1 N–H and O–H groups in total. The van der Waals surface area contributed by atoms with Crippen molar-refractivity contribution in [2.24, 2.45) is 0 Å². The molecule has 0 bridgehead atoms. The van der Waals surface area contributed by atoms with Gasteiger partial charge in [-0.3, -0.25) is 19.3 Å². The van der Waals surface area contributed by atoms with Crippen molar-refractivity contribution in [1.82, 2.24) is 4.90 Å². The van der Waals surface area contributed by atoms with Crippen molar-refractivity contribution in [3.8, 4) is 11.5 Å². The van der Waals surface area contributed by atoms with Crippen molar-refractivity contribution >= 4 is 72.4 Å². The largest absolute Gasteiger partial charge is 0.493 e. The first kappa shape index (κ1) is 26.0. The van der Waals surface area contributed by atoms with Crippen LogP contribution in [0.15, 0.2) is 80.6 Å². The van der Waals surface area contributed by atoms with Crippen LogP contribution in [0.3, 0.4) is 0 Å². The van der Waals surface area contributed by atoms with E-state index in [1.807, 2.05) is 24.3 Å². The molecule has 0 saturated carbocycles. The predicted octanol–water partition coefficient (Wildman–Crippen LogP) is 6.47. The van der Waals surface area contributed by atoms with E-state index in [-0.39, 0.29) is 11.4 Å². The molecule has 3 aromatic carbocycles. The van der Waals surface area contributed by atoms with Crippen LogP contribution >= 0.6 is 43.6 Å². The van der Waals surface area contributed by atoms with Gasteiger partial charge in [0.1, 0.15) is 13.2 Å². The van der Waals surface area contributed by atoms with E-state index in [4.69, 9.17) is 9.47 Å². The molecule has 4 rings (SSSR count). The fourth-order valence-electron chi connectivity index (χ4n) is 3.30. The van der Waals surface area contributed by atoms with Gasteiger partial charge < -0.3 is 14.8 Å². The maximum Gasteiger partial charge on any atom is 0.294 e. The zero-order chi connectivity index (χ0) is 25.7. The molecular formula is C26H20Br2N2O5S. The molecule has 10 heteroatoms. The Hall–Kier alpha value is -3.08. The van der Waals surface area contributed by atoms with Gasteiger partial charge in [0.25, 0.3) is 11.1 Å². The minimum atomic E-state index is -0.523. The summed E-state index contributed by atoms with van der Waals surface area (Å²) < 4.78 is 13.2. The molecule has 1 saturated heterocycles. The van der Waals surface area contributed by atoms with Crippen LogP contribution in [0.2, 0.25) is 0 Å². The lowest BCUT2D eigenvalue weighted by atomic mass is 10.1. The minimum Gasteiger partial charge on any atom is -0.493 e. The third-order valence-electron chi connectivity index (χ3n) is 5.10. The molecule has 1 aliphatic heterocycles. The van der Waals surface area contributed by atoms with Crippen LogP contribution in [0.25, 0.3) is 6.08 Å². The van der Waals surface area contributed by atoms with Gasteiger partial charge in [0, 0.05) is 14.6 Å². The molecule has 1 heterocycles. The number of thioether (sulfide) groups is 1. The Morgan fingerprint density at radius 1 is 0.972 bits per heavy atom. The Bertz CT molecular complexity index is 1330. The highest BCUT2D eigenvalue weighted by molar-refractivity contribution is 9.10. The van der Waals surface area contributed by atoms with E-state index in [0.717, 1.165) is 31.2 Å². The van der Waals surface area contributed by atoms with E-state index in [1.54, 1.807) is 48.5 Å². The highest BCUT2D eigenvalue weighted by atomic mass is 79.9. The number of rotatable bonds is 8. The summed E-state index contributed by atoms with van der Waals surface area (Å²) in [6.45, 7) is -0.00553. The Labute approximate surface area is 229 Å². The lowest BCUT2D eigenvalue weighted by Crippen LogP contribution is -2.36. The zero-order valence-corrected chi connectivity index (χ0v) is 23.0. The van der Waals surface area contributed by atoms with Crippen molar-refractivity contribution in [2.45, 2.75) is 6.61 Å². The van der Waals surface area contributed by atoms with Crippen molar-refractivity contribution in [3.63, 3.8) is 0 Å². The number of anilines is 1. The normalized spacial score (nSPS) is 14.3. The number of imide groups is 1. The van der Waals surface area contributed by atoms with Crippen molar-refractivity contribution in [2.75, 3.05) is 19.0 Å². The lowest BCUT2D eigenvalue weighted by Gasteiger charge is -2.13. The SMILES string of the molecule is COc1cc(/C=C2\SC(=O)N(CC(=O)Nc3ccc(Br)cc3)C2=O)ccc1OCc1ccc(Br)cc1. The molecule has 7 nitrogen and oxygen atoms in total. The maximum absolute atomic E-state index is 12.8. The molecular weight excluding hydrogens is 612 g/mol. The van der Waals surface area contributed by atoms with Gasteiger partial charge in [0.05, 0.1) is 12.0 Å². The number of hydrogen-bond acceptors (Lipinski definition) is 6. The Kier molecular flexibility index (Phi) is 8.50. The zero-order valence-electron chi connectivity index (χ0n) is 19.0. The van der Waals surface area contributed by atoms with Crippen molar-refractivity contribution in [3.05, 3.63) is 91.7 Å². The number of carbonyl (C=O) groups is 3. The number of carbonyl (C=O) groups excluding carboxylic acids is 3. The van der Waals surface area contributed by atoms with Gasteiger partial charge in [0.15, 0.2) is 11.5 Å². The summed E-state index contributed by atoms with van der Waals surface area (Å²) in [6, 6.07) is 20.0. The number of nitrogens with zero attached hydrogens (tertiary/aromatic N) is 1. The number of halogens is 2. The van der Waals surface area contributed by atoms with E-state index in [9.17, 15) is 14.4 Å². The van der Waals surface area contributed by atoms with E-state index < -0.39 is 17.1 Å². The molecule has 0 aromatic heterocycles. The summed E-state index contributed by atoms with van der Waals surface area (Å²) in [5, 5.41) is 2.18. The van der Waals surface area contributed by atoms with Gasteiger partial charge in [0.2, 0.25) is 5.91 Å². The molecule has 0 radical (unpaired) electrons. The van der Waals surface area contributed by atoms with Crippen LogP contribution in [-0.2, 0) is 16.2 Å². The van der Waals surface area contributed by atoms with Gasteiger partial charge in [-0.1, -0.05) is 50.1 Å². The minimum absolute atomic E-state index is 0.224. The number of ether oxygens (including phenoxy) is 2. The fraction of sp³-hybridized carbons (Fsp3) is 0.115. The monoisotopic (exact) mass is 630 g/mol. The topological polar surface area (TPSA) is 84.9 Å². The molecule has 184 valence electrons. The van der Waals surface area contributed by atoms with Crippen LogP contribution in [-0.4, -0.2) is 35.6 Å². The Balaban J connectivity index is 1.42. The average Bonchev–Trinajstić information content (AvgIpc) is 3.12. The number of amides is 3. The second kappa shape index (κ2) is 11.8. The summed E-state index contributed by atoms with van der Waals surface area (Å²) in [5.41, 5.74) is 2.23. The molecule has 3 aromatic rings. The molecule has 0 aliphatic carbocycles. The molecule has 0 unspecified atom stereocenters. The number of nitrogens with one attached hydrogen (secondary N) is 1. The summed E-state index contributed by atoms with van der Waals surface area (Å²) >= 11 is 7.53. The van der Waals surface area contributed by atoms with E-state index >= 15 is 0 Å². The first-order chi connectivity index (χ1) is 17.3. The highest BCUT2D eigenvalue weighted by Crippen LogP contribution is 2.35. The number of hydrogen-bond donors (Lipinski definition) is 1. The molecule has 0 atom stereocenters. The van der Waals surface area contributed by atoms with Gasteiger partial charge in [-0.05, 0) is 77.5 Å². The van der Waals surface area contributed by atoms with E-state index in [1.165, 1.54) is 7.11 Å². The summed E-state index contributed by atoms with van der Waals surface area (Å²) in [6.07, 6.45) is 1.60. The van der Waals surface area contributed by atoms with Gasteiger partial charge >= 0.3 is 0 Å². The van der Waals surface area contributed by atoms with Gasteiger partial charge in [-0.15, -0.1) is 0 Å². The Morgan fingerprint density at radius 2 is 1.64 bits per heavy atom. The molecule has 0 spiro atoms. The lowest BCUT2D eigenvalue weighted by molar-refractivity contribution is -0.127. The third kappa shape index (κ3) is 6.57. The smallest absolute Gasteiger partial charge is 0.294 e. The highest BCUT2D eigenvalue weighted by Gasteiger charge is 2.36. The Morgan fingerprint density at radius 3 is 2.31 bits per heavy atom. The van der Waals surface area contributed by atoms with E-state index in [2.05, 4.69) is 37.2 Å². The number of benzene rings is 3. The first-order valence-corrected chi connectivity index (χ1v) is 13.1. The second-order valence-corrected chi connectivity index (χ2v) is 10.5. The fourth-order valence-corrected chi connectivity index (χ4v) is 4.67. The van der Waals surface area contributed by atoms with Crippen molar-refractivity contribution in [1.29, 1.82) is 0 Å². The maximum atomic E-state index is 12.8. The molecule has 3 amide bonds. The molecule has 1 aliphatic rings. The predicted molar refractivity (Wildman–Crippen MR) is 147 cm³/mol. The molecule has 1 fully saturated rings. The molecule has 36 heavy (non-hydrogen) atoms. The first-order valence-electron chi connectivity index (χ1n) is 10.7. The van der Waals surface area contributed by atoms with Gasteiger partial charge in [-0.2, -0.15) is 0 Å². The summed E-state index contributed by atoms with van der Waals surface area (Å²) in [4.78, 5) is 38.8. The summed E-state index contributed by atoms with van der Waals surface area (Å²) in [7, 11) is 1.53. The third-order valence-corrected chi connectivity index (χ3v) is 7.06. The van der Waals surface area contributed by atoms with Crippen LogP contribution in [0.4, 0.5) is 10.5 Å². The van der Waals surface area contributed by atoms with Crippen molar-refractivity contribution < 1.29 is 23.9 Å². The second-order valence-electron chi connectivity index (χ2n) is 7.65. The van der Waals surface area contributed by atoms with Crippen LogP contribution in [0, 0.1) is 0 Å². The van der Waals surface area contributed by atoms with Crippen LogP contribution < -0.4 is 14.8 Å².